The molecule has 0 saturated heterocycles. The van der Waals surface area contributed by atoms with E-state index in [0.29, 0.717) is 25.7 Å². The van der Waals surface area contributed by atoms with Gasteiger partial charge in [0.1, 0.15) is 0 Å². The van der Waals surface area contributed by atoms with Gasteiger partial charge in [0, 0.05) is 99.3 Å². The summed E-state index contributed by atoms with van der Waals surface area (Å²) in [6, 6.07) is 135. The molecule has 6 nitrogen and oxygen atoms in total. The van der Waals surface area contributed by atoms with Gasteiger partial charge in [-0.15, -0.1) is 22.7 Å². The van der Waals surface area contributed by atoms with Crippen LogP contribution in [0.1, 0.15) is 141 Å². The van der Waals surface area contributed by atoms with Gasteiger partial charge in [-0.25, -0.2) is 0 Å². The Kier molecular flexibility index (Phi) is 21.4. The molecule has 8 heteroatoms. The highest BCUT2D eigenvalue weighted by molar-refractivity contribution is 7.26. The van der Waals surface area contributed by atoms with Gasteiger partial charge in [-0.3, -0.25) is 9.59 Å². The number of rotatable bonds is 21. The minimum absolute atomic E-state index is 0.109. The van der Waals surface area contributed by atoms with Crippen molar-refractivity contribution in [3.05, 3.63) is 430 Å². The first-order chi connectivity index (χ1) is 65.3. The Balaban J connectivity index is 0.594. The summed E-state index contributed by atoms with van der Waals surface area (Å²) >= 11 is 3.82. The van der Waals surface area contributed by atoms with Gasteiger partial charge in [0.05, 0.1) is 14.2 Å². The van der Waals surface area contributed by atoms with Crippen LogP contribution in [0.5, 0.6) is 0 Å². The zero-order chi connectivity index (χ0) is 92.7. The van der Waals surface area contributed by atoms with Crippen LogP contribution in [0, 0.1) is 20.8 Å². The zero-order valence-electron chi connectivity index (χ0n) is 78.7. The second kappa shape index (κ2) is 33.6. The smallest absolute Gasteiger partial charge is 0.305 e. The fourth-order valence-corrected chi connectivity index (χ4v) is 24.4. The fourth-order valence-electron chi connectivity index (χ4n) is 22.0. The first-order valence-corrected chi connectivity index (χ1v) is 48.8. The molecule has 660 valence electrons. The third kappa shape index (κ3) is 15.1. The number of fused-ring (bicyclic) bond motifs is 12. The highest BCUT2D eigenvalue weighted by Gasteiger charge is 2.41. The molecule has 18 aromatic rings. The van der Waals surface area contributed by atoms with Crippen molar-refractivity contribution in [1.29, 1.82) is 0 Å². The maximum absolute atomic E-state index is 12.1. The molecule has 0 spiro atoms. The Morgan fingerprint density at radius 1 is 0.244 bits per heavy atom. The average Bonchev–Trinajstić information content (AvgIpc) is 1.57. The lowest BCUT2D eigenvalue weighted by molar-refractivity contribution is -0.141. The van der Waals surface area contributed by atoms with Crippen LogP contribution in [0.4, 0.5) is 34.1 Å². The van der Waals surface area contributed by atoms with E-state index in [-0.39, 0.29) is 33.6 Å². The van der Waals surface area contributed by atoms with E-state index in [1.54, 1.807) is 0 Å². The SMILES string of the molecule is COC(=O)CCc1ccc(-c2ccc(N(c3ccc(-c4ccc5c(c4)C(C)(C)c4ccccc4-5)cc3)c3ccc4c(c3)C(C)(C)c3cc(-c5sc(-c6cc(-c7ccc(C)cc7C)c(-c7ccc8c(c7)C(C)(C)c7cc(N(c9ccc(-c%10ccc(CCC(=O)OC)cc%10)cc9)c9ccc(-c%10ccc%11c(c%10)C(C)(C)c%10ccccc%10-%11)cc9)ccc7-8)s6)cc5-c5ccc(C)cc5)ccc3-4)cc2)cc1. The standard InChI is InChI=1S/C127H106N2O4S2/c1-77-22-31-88(32-23-77)108-75-118(134-122(108)91-47-62-104-106-64-57-97(73-116(106)126(8,9)114(104)71-91)128(93-49-37-84(38-50-93)82-33-25-80(26-34-82)29-66-120(130)132-12)95-53-41-86(42-54-95)89-45-60-102-100-18-14-16-20-110(100)124(4,5)112(102)69-89)119-76-109(99-59-24-78(2)68-79(99)3)123(135-119)92-48-63-105-107-65-58-98(74-117(107)127(10,11)115(105)72-92)129(94-51-39-85(40-52-94)83-35-27-81(28-36-83)30-67-121(131)133-13)96-55-43-87(44-56-96)90-46-61-103-101-19-15-17-21-111(101)125(6,7)113(103)70-90/h14-28,31-65,68-76H,29-30,66-67H2,1-13H3. The van der Waals surface area contributed by atoms with E-state index >= 15 is 0 Å². The van der Waals surface area contributed by atoms with Crippen LogP contribution in [-0.4, -0.2) is 26.2 Å². The Morgan fingerprint density at radius 3 is 0.896 bits per heavy atom. The van der Waals surface area contributed by atoms with Gasteiger partial charge in [0.15, 0.2) is 0 Å². The summed E-state index contributed by atoms with van der Waals surface area (Å²) in [5.74, 6) is -0.406. The molecule has 4 aliphatic rings. The molecule has 22 rings (SSSR count). The van der Waals surface area contributed by atoms with E-state index in [9.17, 15) is 9.59 Å². The van der Waals surface area contributed by atoms with Crippen LogP contribution in [0.25, 0.3) is 142 Å². The minimum Gasteiger partial charge on any atom is -0.469 e. The fraction of sp³-hybridized carbons (Fsp3) is 0.165. The highest BCUT2D eigenvalue weighted by Crippen LogP contribution is 2.59. The van der Waals surface area contributed by atoms with Gasteiger partial charge in [-0.2, -0.15) is 0 Å². The lowest BCUT2D eigenvalue weighted by atomic mass is 9.81. The number of esters is 2. The van der Waals surface area contributed by atoms with Gasteiger partial charge < -0.3 is 19.3 Å². The van der Waals surface area contributed by atoms with Gasteiger partial charge in [-0.1, -0.05) is 315 Å². The normalized spacial score (nSPS) is 13.8. The Labute approximate surface area is 801 Å². The molecule has 16 aromatic carbocycles. The van der Waals surface area contributed by atoms with E-state index in [1.807, 2.05) is 22.7 Å². The molecule has 135 heavy (non-hydrogen) atoms. The van der Waals surface area contributed by atoms with Crippen molar-refractivity contribution in [2.24, 2.45) is 0 Å². The van der Waals surface area contributed by atoms with Crippen molar-refractivity contribution in [3.8, 4) is 142 Å². The minimum atomic E-state index is -0.371. The summed E-state index contributed by atoms with van der Waals surface area (Å²) in [5.41, 5.74) is 49.0. The summed E-state index contributed by atoms with van der Waals surface area (Å²) in [4.78, 5) is 34.0. The Morgan fingerprint density at radius 2 is 0.519 bits per heavy atom. The van der Waals surface area contributed by atoms with E-state index in [4.69, 9.17) is 9.47 Å². The number of carbonyl (C=O) groups is 2. The topological polar surface area (TPSA) is 59.1 Å². The van der Waals surface area contributed by atoms with Gasteiger partial charge in [0.25, 0.3) is 0 Å². The van der Waals surface area contributed by atoms with Crippen molar-refractivity contribution >= 4 is 68.7 Å². The van der Waals surface area contributed by atoms with Crippen LogP contribution in [0.2, 0.25) is 0 Å². The Hall–Kier alpha value is -14.5. The maximum Gasteiger partial charge on any atom is 0.305 e. The summed E-state index contributed by atoms with van der Waals surface area (Å²) in [6.45, 7) is 25.7. The summed E-state index contributed by atoms with van der Waals surface area (Å²) < 4.78 is 9.91. The quantitative estimate of drug-likeness (QED) is 0.0668. The lowest BCUT2D eigenvalue weighted by Gasteiger charge is -2.28. The van der Waals surface area contributed by atoms with E-state index in [0.717, 1.165) is 67.5 Å². The molecule has 2 heterocycles. The van der Waals surface area contributed by atoms with Crippen LogP contribution >= 0.6 is 22.7 Å². The number of hydrogen-bond acceptors (Lipinski definition) is 8. The number of hydrogen-bond donors (Lipinski definition) is 0. The number of thiophene rings is 2. The molecule has 0 aliphatic heterocycles. The molecular formula is C127H106N2O4S2. The van der Waals surface area contributed by atoms with E-state index in [1.165, 1.54) is 195 Å². The van der Waals surface area contributed by atoms with Crippen LogP contribution < -0.4 is 9.80 Å². The second-order valence-corrected chi connectivity index (χ2v) is 41.5. The zero-order valence-corrected chi connectivity index (χ0v) is 80.4. The van der Waals surface area contributed by atoms with Gasteiger partial charge in [0.2, 0.25) is 0 Å². The second-order valence-electron chi connectivity index (χ2n) is 39.4. The molecule has 2 aromatic heterocycles. The van der Waals surface area contributed by atoms with Crippen molar-refractivity contribution in [3.63, 3.8) is 0 Å². The summed E-state index contributed by atoms with van der Waals surface area (Å²) in [6.07, 6.45) is 1.96. The largest absolute Gasteiger partial charge is 0.469 e. The number of anilines is 6. The van der Waals surface area contributed by atoms with Gasteiger partial charge >= 0.3 is 11.9 Å². The molecule has 0 unspecified atom stereocenters. The highest BCUT2D eigenvalue weighted by atomic mass is 32.1. The number of benzene rings is 16. The number of methoxy groups -OCH3 is 2. The maximum atomic E-state index is 12.1. The van der Waals surface area contributed by atoms with Crippen molar-refractivity contribution in [2.75, 3.05) is 24.0 Å². The van der Waals surface area contributed by atoms with Crippen molar-refractivity contribution < 1.29 is 19.1 Å². The molecule has 4 aliphatic carbocycles. The predicted molar refractivity (Wildman–Crippen MR) is 566 cm³/mol. The number of carbonyl (C=O) groups excluding carboxylic acids is 2. The van der Waals surface area contributed by atoms with E-state index < -0.39 is 0 Å². The van der Waals surface area contributed by atoms with Crippen LogP contribution in [-0.2, 0) is 53.6 Å². The first-order valence-electron chi connectivity index (χ1n) is 47.2. The summed E-state index contributed by atoms with van der Waals surface area (Å²) in [5, 5.41) is 0. The Bertz CT molecular complexity index is 7770. The summed E-state index contributed by atoms with van der Waals surface area (Å²) in [7, 11) is 2.89. The van der Waals surface area contributed by atoms with Crippen molar-refractivity contribution in [2.45, 2.75) is 124 Å². The molecule has 0 fully saturated rings. The van der Waals surface area contributed by atoms with Crippen LogP contribution in [0.15, 0.2) is 358 Å². The first kappa shape index (κ1) is 85.9. The number of aryl methyl sites for hydroxylation is 5. The predicted octanol–water partition coefficient (Wildman–Crippen LogP) is 34.1. The molecule has 0 bridgehead atoms. The lowest BCUT2D eigenvalue weighted by Crippen LogP contribution is -2.16. The van der Waals surface area contributed by atoms with E-state index in [2.05, 4.69) is 444 Å². The molecular weight excluding hydrogens is 1680 g/mol. The van der Waals surface area contributed by atoms with Gasteiger partial charge in [-0.05, 0) is 315 Å². The monoisotopic (exact) mass is 1790 g/mol. The molecule has 0 amide bonds. The third-order valence-electron chi connectivity index (χ3n) is 29.7. The molecule has 0 atom stereocenters. The molecule has 0 saturated carbocycles. The third-order valence-corrected chi connectivity index (χ3v) is 32.3. The van der Waals surface area contributed by atoms with Crippen molar-refractivity contribution in [1.82, 2.24) is 0 Å². The van der Waals surface area contributed by atoms with Crippen LogP contribution in [0.3, 0.4) is 0 Å². The molecule has 0 N–H and O–H groups in total. The number of ether oxygens (including phenoxy) is 2. The average molecular weight is 1790 g/mol. The molecule has 0 radical (unpaired) electrons. The number of nitrogens with zero attached hydrogens (tertiary/aromatic N) is 2.